The predicted molar refractivity (Wildman–Crippen MR) is 70.2 cm³/mol. The van der Waals surface area contributed by atoms with Crippen LogP contribution in [-0.2, 0) is 14.3 Å². The van der Waals surface area contributed by atoms with Crippen LogP contribution in [0.4, 0.5) is 0 Å². The summed E-state index contributed by atoms with van der Waals surface area (Å²) < 4.78 is 11.2. The average molecular weight is 254 g/mol. The third-order valence-electron chi connectivity index (χ3n) is 4.68. The van der Waals surface area contributed by atoms with E-state index in [1.165, 1.54) is 19.3 Å². The zero-order chi connectivity index (χ0) is 13.0. The molecule has 0 amide bonds. The minimum absolute atomic E-state index is 0.248. The summed E-state index contributed by atoms with van der Waals surface area (Å²) in [6.45, 7) is 5.04. The highest BCUT2D eigenvalue weighted by Crippen LogP contribution is 2.47. The zero-order valence-corrected chi connectivity index (χ0v) is 11.7. The summed E-state index contributed by atoms with van der Waals surface area (Å²) in [5.74, 6) is 1.87. The molecule has 0 aromatic heterocycles. The van der Waals surface area contributed by atoms with Gasteiger partial charge in [0, 0.05) is 18.9 Å². The molecule has 0 saturated heterocycles. The molecule has 0 N–H and O–H groups in total. The van der Waals surface area contributed by atoms with Gasteiger partial charge in [-0.2, -0.15) is 0 Å². The monoisotopic (exact) mass is 254 g/mol. The van der Waals surface area contributed by atoms with Crippen molar-refractivity contribution in [3.8, 4) is 0 Å². The van der Waals surface area contributed by atoms with Gasteiger partial charge in [-0.1, -0.05) is 13.3 Å². The van der Waals surface area contributed by atoms with Crippen LogP contribution in [0.15, 0.2) is 0 Å². The van der Waals surface area contributed by atoms with Gasteiger partial charge in [-0.05, 0) is 44.4 Å². The Kier molecular flexibility index (Phi) is 5.19. The van der Waals surface area contributed by atoms with Crippen molar-refractivity contribution >= 4 is 5.78 Å². The first-order chi connectivity index (χ1) is 8.77. The minimum Gasteiger partial charge on any atom is -0.356 e. The number of Topliss-reactive ketones (excluding diaryl/α,β-unsaturated/α-hetero) is 1. The Labute approximate surface area is 110 Å². The topological polar surface area (TPSA) is 35.5 Å². The van der Waals surface area contributed by atoms with E-state index in [2.05, 4.69) is 0 Å². The Morgan fingerprint density at radius 1 is 1.17 bits per heavy atom. The van der Waals surface area contributed by atoms with Crippen molar-refractivity contribution < 1.29 is 14.3 Å². The van der Waals surface area contributed by atoms with Gasteiger partial charge in [0.05, 0.1) is 6.10 Å². The molecule has 3 nitrogen and oxygen atoms in total. The van der Waals surface area contributed by atoms with Crippen molar-refractivity contribution in [2.75, 3.05) is 13.4 Å². The van der Waals surface area contributed by atoms with Crippen molar-refractivity contribution in [2.24, 2.45) is 17.8 Å². The van der Waals surface area contributed by atoms with Crippen molar-refractivity contribution in [1.82, 2.24) is 0 Å². The highest BCUT2D eigenvalue weighted by Gasteiger charge is 2.45. The number of hydrogen-bond acceptors (Lipinski definition) is 3. The zero-order valence-electron chi connectivity index (χ0n) is 11.7. The number of carbonyl (C=O) groups is 1. The molecule has 2 saturated carbocycles. The van der Waals surface area contributed by atoms with Crippen molar-refractivity contribution in [2.45, 2.75) is 58.5 Å². The second kappa shape index (κ2) is 6.67. The van der Waals surface area contributed by atoms with E-state index >= 15 is 0 Å². The van der Waals surface area contributed by atoms with Gasteiger partial charge >= 0.3 is 0 Å². The summed E-state index contributed by atoms with van der Waals surface area (Å²) in [4.78, 5) is 12.1. The first kappa shape index (κ1) is 14.0. The lowest BCUT2D eigenvalue weighted by Crippen LogP contribution is -2.38. The summed E-state index contributed by atoms with van der Waals surface area (Å²) in [7, 11) is 0. The van der Waals surface area contributed by atoms with Gasteiger partial charge in [0.1, 0.15) is 12.6 Å². The number of carbonyl (C=O) groups excluding carboxylic acids is 1. The number of fused-ring (bicyclic) bond motifs is 1. The molecule has 0 aromatic carbocycles. The summed E-state index contributed by atoms with van der Waals surface area (Å²) in [6.07, 6.45) is 6.84. The van der Waals surface area contributed by atoms with Crippen LogP contribution in [0, 0.1) is 17.8 Å². The van der Waals surface area contributed by atoms with Gasteiger partial charge in [0.15, 0.2) is 0 Å². The van der Waals surface area contributed by atoms with Gasteiger partial charge in [0.25, 0.3) is 0 Å². The molecule has 2 aliphatic carbocycles. The van der Waals surface area contributed by atoms with Crippen LogP contribution in [0.1, 0.15) is 52.4 Å². The van der Waals surface area contributed by atoms with Crippen LogP contribution in [-0.4, -0.2) is 25.3 Å². The Morgan fingerprint density at radius 2 is 2.00 bits per heavy atom. The second-order valence-electron chi connectivity index (χ2n) is 5.59. The maximum Gasteiger partial charge on any atom is 0.147 e. The Morgan fingerprint density at radius 3 is 2.72 bits per heavy atom. The third-order valence-corrected chi connectivity index (χ3v) is 4.68. The van der Waals surface area contributed by atoms with Gasteiger partial charge < -0.3 is 9.47 Å². The second-order valence-corrected chi connectivity index (χ2v) is 5.59. The molecule has 0 radical (unpaired) electrons. The number of hydrogen-bond donors (Lipinski definition) is 0. The molecule has 3 heteroatoms. The summed E-state index contributed by atoms with van der Waals surface area (Å²) >= 11 is 0. The Hall–Kier alpha value is -0.410. The van der Waals surface area contributed by atoms with E-state index in [1.54, 1.807) is 0 Å². The molecule has 2 fully saturated rings. The molecular formula is C15H26O3. The Balaban J connectivity index is 1.98. The highest BCUT2D eigenvalue weighted by atomic mass is 16.7. The maximum atomic E-state index is 12.1. The number of rotatable bonds is 6. The molecule has 0 aromatic rings. The van der Waals surface area contributed by atoms with Crippen LogP contribution in [0.25, 0.3) is 0 Å². The van der Waals surface area contributed by atoms with E-state index in [1.807, 2.05) is 13.8 Å². The van der Waals surface area contributed by atoms with Gasteiger partial charge in [0.2, 0.25) is 0 Å². The fourth-order valence-electron chi connectivity index (χ4n) is 3.83. The molecule has 2 aliphatic rings. The van der Waals surface area contributed by atoms with Crippen molar-refractivity contribution in [3.05, 3.63) is 0 Å². The number of ketones is 1. The molecule has 104 valence electrons. The first-order valence-electron chi connectivity index (χ1n) is 7.50. The van der Waals surface area contributed by atoms with E-state index in [4.69, 9.17) is 9.47 Å². The van der Waals surface area contributed by atoms with E-state index in [0.29, 0.717) is 37.4 Å². The molecule has 0 unspecified atom stereocenters. The number of ether oxygens (including phenoxy) is 2. The lowest BCUT2D eigenvalue weighted by atomic mass is 9.74. The molecule has 0 bridgehead atoms. The van der Waals surface area contributed by atoms with Crippen LogP contribution in [0.2, 0.25) is 0 Å². The predicted octanol–water partition coefficient (Wildman–Crippen LogP) is 3.17. The summed E-state index contributed by atoms with van der Waals surface area (Å²) in [6, 6.07) is 0. The molecule has 4 atom stereocenters. The fourth-order valence-corrected chi connectivity index (χ4v) is 3.83. The highest BCUT2D eigenvalue weighted by molar-refractivity contribution is 5.81. The van der Waals surface area contributed by atoms with Crippen molar-refractivity contribution in [1.29, 1.82) is 0 Å². The lowest BCUT2D eigenvalue weighted by molar-refractivity contribution is -0.139. The van der Waals surface area contributed by atoms with Crippen LogP contribution in [0.3, 0.4) is 0 Å². The molecule has 18 heavy (non-hydrogen) atoms. The lowest BCUT2D eigenvalue weighted by Gasteiger charge is -2.36. The minimum atomic E-state index is 0.248. The standard InChI is InChI=1S/C15H26O3/c1-3-13(16)12-9-8-11-6-5-7-14(15(11)12)18-10-17-4-2/h11-12,14-15H,3-10H2,1-2H3/t11-,12-,14-,15+/m1/s1. The molecular weight excluding hydrogens is 228 g/mol. The Bertz CT molecular complexity index is 277. The van der Waals surface area contributed by atoms with Gasteiger partial charge in [-0.3, -0.25) is 4.79 Å². The van der Waals surface area contributed by atoms with Gasteiger partial charge in [-0.15, -0.1) is 0 Å². The molecule has 0 aliphatic heterocycles. The van der Waals surface area contributed by atoms with E-state index in [9.17, 15) is 4.79 Å². The van der Waals surface area contributed by atoms with Crippen molar-refractivity contribution in [3.63, 3.8) is 0 Å². The average Bonchev–Trinajstić information content (AvgIpc) is 2.83. The summed E-state index contributed by atoms with van der Waals surface area (Å²) in [5.41, 5.74) is 0. The normalized spacial score (nSPS) is 35.4. The molecule has 0 heterocycles. The fraction of sp³-hybridized carbons (Fsp3) is 0.933. The van der Waals surface area contributed by atoms with E-state index in [-0.39, 0.29) is 12.0 Å². The van der Waals surface area contributed by atoms with Crippen LogP contribution < -0.4 is 0 Å². The third kappa shape index (κ3) is 2.94. The SMILES string of the molecule is CCOCO[C@@H]1CCC[C@@H]2CC[C@H](C(=O)CC)[C@H]21. The first-order valence-corrected chi connectivity index (χ1v) is 7.50. The largest absolute Gasteiger partial charge is 0.356 e. The smallest absolute Gasteiger partial charge is 0.147 e. The maximum absolute atomic E-state index is 12.1. The van der Waals surface area contributed by atoms with Gasteiger partial charge in [-0.25, -0.2) is 0 Å². The summed E-state index contributed by atoms with van der Waals surface area (Å²) in [5, 5.41) is 0. The van der Waals surface area contributed by atoms with Crippen LogP contribution in [0.5, 0.6) is 0 Å². The molecule has 0 spiro atoms. The quantitative estimate of drug-likeness (QED) is 0.539. The van der Waals surface area contributed by atoms with Crippen LogP contribution >= 0.6 is 0 Å². The van der Waals surface area contributed by atoms with E-state index in [0.717, 1.165) is 12.8 Å². The molecule has 2 rings (SSSR count). The van der Waals surface area contributed by atoms with E-state index < -0.39 is 0 Å².